The lowest BCUT2D eigenvalue weighted by atomic mass is 10.2. The first-order chi connectivity index (χ1) is 10.1. The Hall–Kier alpha value is -1.86. The van der Waals surface area contributed by atoms with Crippen molar-refractivity contribution in [2.24, 2.45) is 0 Å². The summed E-state index contributed by atoms with van der Waals surface area (Å²) >= 11 is 1.53. The van der Waals surface area contributed by atoms with Crippen LogP contribution in [-0.4, -0.2) is 22.7 Å². The van der Waals surface area contributed by atoms with Crippen molar-refractivity contribution in [3.05, 3.63) is 40.2 Å². The number of nitrogens with one attached hydrogen (secondary N) is 2. The predicted octanol–water partition coefficient (Wildman–Crippen LogP) is 2.53. The van der Waals surface area contributed by atoms with Crippen molar-refractivity contribution in [1.29, 1.82) is 0 Å². The smallest absolute Gasteiger partial charge is 0.315 e. The molecule has 0 saturated carbocycles. The zero-order valence-corrected chi connectivity index (χ0v) is 12.8. The van der Waals surface area contributed by atoms with E-state index in [9.17, 15) is 9.90 Å². The van der Waals surface area contributed by atoms with E-state index < -0.39 is 6.10 Å². The number of amides is 2. The number of carbonyl (C=O) groups excluding carboxylic acids is 1. The number of nitrogens with zero attached hydrogens (tertiary/aromatic N) is 1. The van der Waals surface area contributed by atoms with Crippen molar-refractivity contribution in [3.63, 3.8) is 0 Å². The molecule has 0 aliphatic carbocycles. The number of hydrogen-bond acceptors (Lipinski definition) is 5. The van der Waals surface area contributed by atoms with Crippen molar-refractivity contribution >= 4 is 17.4 Å². The molecule has 3 N–H and O–H groups in total. The lowest BCUT2D eigenvalue weighted by Crippen LogP contribution is -2.39. The van der Waals surface area contributed by atoms with Crippen molar-refractivity contribution in [3.8, 4) is 0 Å². The number of aliphatic hydroxyl groups excluding tert-OH is 1. The summed E-state index contributed by atoms with van der Waals surface area (Å²) in [5.74, 6) is 0.429. The van der Waals surface area contributed by atoms with E-state index in [0.717, 1.165) is 17.1 Å². The summed E-state index contributed by atoms with van der Waals surface area (Å²) < 4.78 is 5.07. The maximum Gasteiger partial charge on any atom is 0.315 e. The molecule has 2 heterocycles. The molecule has 21 heavy (non-hydrogen) atoms. The molecule has 0 radical (unpaired) electrons. The van der Waals surface area contributed by atoms with E-state index in [1.165, 1.54) is 17.6 Å². The van der Waals surface area contributed by atoms with Gasteiger partial charge in [0.2, 0.25) is 0 Å². The molecule has 2 unspecified atom stereocenters. The predicted molar refractivity (Wildman–Crippen MR) is 80.1 cm³/mol. The van der Waals surface area contributed by atoms with Crippen LogP contribution in [0.5, 0.6) is 0 Å². The van der Waals surface area contributed by atoms with Crippen LogP contribution in [0, 0.1) is 6.92 Å². The van der Waals surface area contributed by atoms with Gasteiger partial charge in [-0.05, 0) is 25.5 Å². The highest BCUT2D eigenvalue weighted by Crippen LogP contribution is 2.20. The number of aryl methyl sites for hydroxylation is 1. The van der Waals surface area contributed by atoms with Crippen LogP contribution in [0.4, 0.5) is 4.79 Å². The Bertz CT molecular complexity index is 568. The van der Waals surface area contributed by atoms with E-state index in [4.69, 9.17) is 4.42 Å². The van der Waals surface area contributed by atoms with Crippen LogP contribution in [-0.2, 0) is 0 Å². The van der Waals surface area contributed by atoms with E-state index in [1.807, 2.05) is 19.2 Å². The van der Waals surface area contributed by atoms with Gasteiger partial charge in [0.1, 0.15) is 16.9 Å². The number of aliphatic hydroxyl groups is 1. The molecule has 0 aliphatic rings. The summed E-state index contributed by atoms with van der Waals surface area (Å²) in [4.78, 5) is 16.3. The third-order valence-corrected chi connectivity index (χ3v) is 4.05. The Morgan fingerprint density at radius 1 is 1.57 bits per heavy atom. The summed E-state index contributed by atoms with van der Waals surface area (Å²) in [7, 11) is 0. The lowest BCUT2D eigenvalue weighted by Gasteiger charge is -2.16. The minimum Gasteiger partial charge on any atom is -0.467 e. The monoisotopic (exact) mass is 309 g/mol. The minimum atomic E-state index is -0.854. The molecule has 2 aromatic heterocycles. The molecule has 0 spiro atoms. The van der Waals surface area contributed by atoms with E-state index >= 15 is 0 Å². The van der Waals surface area contributed by atoms with Gasteiger partial charge >= 0.3 is 6.03 Å². The Morgan fingerprint density at radius 3 is 2.95 bits per heavy atom. The molecule has 0 saturated heterocycles. The number of urea groups is 1. The number of hydrogen-bond donors (Lipinski definition) is 3. The lowest BCUT2D eigenvalue weighted by molar-refractivity contribution is 0.147. The molecule has 0 aromatic carbocycles. The molecule has 2 amide bonds. The first-order valence-electron chi connectivity index (χ1n) is 6.78. The number of carbonyl (C=O) groups is 1. The van der Waals surface area contributed by atoms with Gasteiger partial charge in [-0.25, -0.2) is 9.78 Å². The summed E-state index contributed by atoms with van der Waals surface area (Å²) in [6.45, 7) is 4.00. The molecule has 0 bridgehead atoms. The van der Waals surface area contributed by atoms with Gasteiger partial charge in [-0.2, -0.15) is 0 Å². The fraction of sp³-hybridized carbons (Fsp3) is 0.429. The van der Waals surface area contributed by atoms with Crippen LogP contribution in [0.15, 0.2) is 28.2 Å². The molecule has 2 atom stereocenters. The second-order valence-corrected chi connectivity index (χ2v) is 5.56. The first kappa shape index (κ1) is 15.5. The molecule has 2 aromatic rings. The van der Waals surface area contributed by atoms with Crippen LogP contribution in [0.1, 0.15) is 42.0 Å². The third-order valence-electron chi connectivity index (χ3n) is 2.98. The first-order valence-corrected chi connectivity index (χ1v) is 7.66. The highest BCUT2D eigenvalue weighted by atomic mass is 32.1. The van der Waals surface area contributed by atoms with Gasteiger partial charge in [-0.1, -0.05) is 6.92 Å². The zero-order valence-electron chi connectivity index (χ0n) is 12.0. The van der Waals surface area contributed by atoms with Crippen LogP contribution in [0.3, 0.4) is 0 Å². The minimum absolute atomic E-state index is 0.0900. The fourth-order valence-electron chi connectivity index (χ4n) is 1.85. The molecule has 2 rings (SSSR count). The van der Waals surface area contributed by atoms with E-state index in [1.54, 1.807) is 12.1 Å². The van der Waals surface area contributed by atoms with Crippen molar-refractivity contribution in [2.75, 3.05) is 6.54 Å². The van der Waals surface area contributed by atoms with Crippen LogP contribution >= 0.6 is 11.3 Å². The van der Waals surface area contributed by atoms with Gasteiger partial charge in [0, 0.05) is 11.1 Å². The van der Waals surface area contributed by atoms with E-state index in [-0.39, 0.29) is 18.6 Å². The molecule has 114 valence electrons. The Morgan fingerprint density at radius 2 is 2.38 bits per heavy atom. The van der Waals surface area contributed by atoms with E-state index in [2.05, 4.69) is 15.6 Å². The SMILES string of the molecule is CCC(NC(=O)NCC(O)c1ccco1)c1nc(C)cs1. The van der Waals surface area contributed by atoms with Gasteiger partial charge in [0.25, 0.3) is 0 Å². The Balaban J connectivity index is 1.83. The zero-order chi connectivity index (χ0) is 15.2. The van der Waals surface area contributed by atoms with Gasteiger partial charge in [0.15, 0.2) is 0 Å². The maximum absolute atomic E-state index is 11.9. The summed E-state index contributed by atoms with van der Waals surface area (Å²) in [5.41, 5.74) is 0.948. The second kappa shape index (κ2) is 7.24. The largest absolute Gasteiger partial charge is 0.467 e. The van der Waals surface area contributed by atoms with Crippen molar-refractivity contribution < 1.29 is 14.3 Å². The number of thiazole rings is 1. The van der Waals surface area contributed by atoms with Crippen LogP contribution in [0.2, 0.25) is 0 Å². The average molecular weight is 309 g/mol. The van der Waals surface area contributed by atoms with E-state index in [0.29, 0.717) is 5.76 Å². The van der Waals surface area contributed by atoms with Gasteiger partial charge in [-0.15, -0.1) is 11.3 Å². The average Bonchev–Trinajstić information content (AvgIpc) is 3.13. The Labute approximate surface area is 127 Å². The fourth-order valence-corrected chi connectivity index (χ4v) is 2.78. The molecule has 7 heteroatoms. The normalized spacial score (nSPS) is 13.7. The standard InChI is InChI=1S/C14H19N3O3S/c1-3-10(13-16-9(2)8-21-13)17-14(19)15-7-11(18)12-5-4-6-20-12/h4-6,8,10-11,18H,3,7H2,1-2H3,(H2,15,17,19). The van der Waals surface area contributed by atoms with Crippen molar-refractivity contribution in [2.45, 2.75) is 32.4 Å². The summed E-state index contributed by atoms with van der Waals surface area (Å²) in [6.07, 6.45) is 1.38. The topological polar surface area (TPSA) is 87.4 Å². The number of furan rings is 1. The van der Waals surface area contributed by atoms with Gasteiger partial charge in [0.05, 0.1) is 18.8 Å². The highest BCUT2D eigenvalue weighted by Gasteiger charge is 2.17. The summed E-state index contributed by atoms with van der Waals surface area (Å²) in [6, 6.07) is 2.90. The number of rotatable bonds is 6. The van der Waals surface area contributed by atoms with Crippen LogP contribution < -0.4 is 10.6 Å². The van der Waals surface area contributed by atoms with Gasteiger partial charge < -0.3 is 20.2 Å². The second-order valence-electron chi connectivity index (χ2n) is 4.67. The van der Waals surface area contributed by atoms with Crippen LogP contribution in [0.25, 0.3) is 0 Å². The summed E-state index contributed by atoms with van der Waals surface area (Å²) in [5, 5.41) is 18.1. The molecule has 0 fully saturated rings. The van der Waals surface area contributed by atoms with Gasteiger partial charge in [-0.3, -0.25) is 0 Å². The maximum atomic E-state index is 11.9. The quantitative estimate of drug-likeness (QED) is 0.765. The highest BCUT2D eigenvalue weighted by molar-refractivity contribution is 7.09. The molecule has 0 aliphatic heterocycles. The third kappa shape index (κ3) is 4.30. The number of aromatic nitrogens is 1. The molecular formula is C14H19N3O3S. The molecular weight excluding hydrogens is 290 g/mol. The van der Waals surface area contributed by atoms with Crippen molar-refractivity contribution in [1.82, 2.24) is 15.6 Å². The molecule has 6 nitrogen and oxygen atoms in total. The Kier molecular flexibility index (Phi) is 5.35.